The largest absolute Gasteiger partial charge is 0.396 e. The van der Waals surface area contributed by atoms with Crippen molar-refractivity contribution in [2.45, 2.75) is 24.9 Å². The van der Waals surface area contributed by atoms with Crippen LogP contribution in [0.3, 0.4) is 0 Å². The molecule has 5 nitrogen and oxygen atoms in total. The predicted molar refractivity (Wildman–Crippen MR) is 39.2 cm³/mol. The van der Waals surface area contributed by atoms with E-state index in [9.17, 15) is 10.2 Å². The summed E-state index contributed by atoms with van der Waals surface area (Å²) in [5.74, 6) is -0.517. The third-order valence-corrected chi connectivity index (χ3v) is 2.06. The lowest BCUT2D eigenvalue weighted by atomic mass is 9.99. The Morgan fingerprint density at radius 2 is 1.92 bits per heavy atom. The van der Waals surface area contributed by atoms with Crippen molar-refractivity contribution in [3.8, 4) is 0 Å². The zero-order chi connectivity index (χ0) is 9.14. The molecule has 1 aliphatic heterocycles. The smallest absolute Gasteiger partial charge is 0.157 e. The first-order chi connectivity index (χ1) is 5.65. The fourth-order valence-corrected chi connectivity index (χ4v) is 1.22. The summed E-state index contributed by atoms with van der Waals surface area (Å²) in [5, 5.41) is 36.3. The highest BCUT2D eigenvalue weighted by Crippen LogP contribution is 2.18. The highest BCUT2D eigenvalue weighted by atomic mass is 16.6. The van der Waals surface area contributed by atoms with Crippen LogP contribution in [0.2, 0.25) is 0 Å². The van der Waals surface area contributed by atoms with Crippen molar-refractivity contribution in [1.82, 2.24) is 0 Å². The van der Waals surface area contributed by atoms with Crippen molar-refractivity contribution in [2.75, 3.05) is 13.2 Å². The topological polar surface area (TPSA) is 90.2 Å². The third kappa shape index (κ3) is 2.15. The Kier molecular flexibility index (Phi) is 3.42. The van der Waals surface area contributed by atoms with Gasteiger partial charge in [0.2, 0.25) is 0 Å². The SMILES string of the molecule is OCC1COC(O)CC(O)C1O. The van der Waals surface area contributed by atoms with E-state index in [4.69, 9.17) is 14.9 Å². The van der Waals surface area contributed by atoms with E-state index in [1.54, 1.807) is 0 Å². The molecule has 0 aromatic carbocycles. The molecule has 0 radical (unpaired) electrons. The summed E-state index contributed by atoms with van der Waals surface area (Å²) in [6, 6.07) is 0. The van der Waals surface area contributed by atoms with Crippen molar-refractivity contribution in [1.29, 1.82) is 0 Å². The Labute approximate surface area is 70.2 Å². The standard InChI is InChI=1S/C7H14O5/c8-2-4-3-12-6(10)1-5(9)7(4)11/h4-11H,1-3H2. The van der Waals surface area contributed by atoms with Gasteiger partial charge >= 0.3 is 0 Å². The average Bonchev–Trinajstić information content (AvgIpc) is 2.14. The molecule has 72 valence electrons. The molecule has 0 bridgehead atoms. The number of aliphatic hydroxyl groups excluding tert-OH is 4. The Morgan fingerprint density at radius 1 is 1.25 bits per heavy atom. The summed E-state index contributed by atoms with van der Waals surface area (Å²) in [6.07, 6.45) is -3.12. The van der Waals surface area contributed by atoms with Crippen LogP contribution in [0.5, 0.6) is 0 Å². The van der Waals surface area contributed by atoms with Gasteiger partial charge in [-0.05, 0) is 0 Å². The lowest BCUT2D eigenvalue weighted by Gasteiger charge is -2.20. The molecule has 0 spiro atoms. The first-order valence-corrected chi connectivity index (χ1v) is 3.91. The van der Waals surface area contributed by atoms with E-state index in [0.29, 0.717) is 0 Å². The zero-order valence-electron chi connectivity index (χ0n) is 6.63. The minimum Gasteiger partial charge on any atom is -0.396 e. The summed E-state index contributed by atoms with van der Waals surface area (Å²) >= 11 is 0. The molecule has 0 aromatic heterocycles. The second-order valence-corrected chi connectivity index (χ2v) is 3.02. The number of aliphatic hydroxyl groups is 4. The minimum absolute atomic E-state index is 0.0162. The minimum atomic E-state index is -1.05. The highest BCUT2D eigenvalue weighted by Gasteiger charge is 2.31. The molecule has 5 heteroatoms. The van der Waals surface area contributed by atoms with Crippen molar-refractivity contribution in [3.63, 3.8) is 0 Å². The summed E-state index contributed by atoms with van der Waals surface area (Å²) in [6.45, 7) is -0.194. The molecule has 1 saturated heterocycles. The fourth-order valence-electron chi connectivity index (χ4n) is 1.22. The maximum absolute atomic E-state index is 9.33. The Bertz CT molecular complexity index is 140. The molecule has 4 atom stereocenters. The molecule has 4 unspecified atom stereocenters. The highest BCUT2D eigenvalue weighted by molar-refractivity contribution is 4.78. The Balaban J connectivity index is 2.56. The summed E-state index contributed by atoms with van der Waals surface area (Å²) in [7, 11) is 0. The van der Waals surface area contributed by atoms with Gasteiger partial charge in [0, 0.05) is 12.3 Å². The summed E-state index contributed by atoms with van der Waals surface area (Å²) in [4.78, 5) is 0. The van der Waals surface area contributed by atoms with Gasteiger partial charge in [0.05, 0.1) is 25.4 Å². The molecule has 12 heavy (non-hydrogen) atoms. The van der Waals surface area contributed by atoms with Crippen LogP contribution in [0.1, 0.15) is 6.42 Å². The van der Waals surface area contributed by atoms with Crippen LogP contribution in [-0.4, -0.2) is 52.1 Å². The van der Waals surface area contributed by atoms with Crippen molar-refractivity contribution in [2.24, 2.45) is 5.92 Å². The summed E-state index contributed by atoms with van der Waals surface area (Å²) < 4.78 is 4.82. The molecular formula is C7H14O5. The lowest BCUT2D eigenvalue weighted by Crippen LogP contribution is -2.35. The fraction of sp³-hybridized carbons (Fsp3) is 1.00. The second-order valence-electron chi connectivity index (χ2n) is 3.02. The van der Waals surface area contributed by atoms with E-state index in [2.05, 4.69) is 0 Å². The molecule has 1 heterocycles. The van der Waals surface area contributed by atoms with E-state index in [1.165, 1.54) is 0 Å². The van der Waals surface area contributed by atoms with E-state index >= 15 is 0 Å². The molecule has 1 rings (SSSR count). The lowest BCUT2D eigenvalue weighted by molar-refractivity contribution is -0.112. The van der Waals surface area contributed by atoms with Crippen molar-refractivity contribution >= 4 is 0 Å². The van der Waals surface area contributed by atoms with Crippen LogP contribution in [-0.2, 0) is 4.74 Å². The zero-order valence-corrected chi connectivity index (χ0v) is 6.63. The molecule has 0 saturated carbocycles. The van der Waals surface area contributed by atoms with E-state index in [1.807, 2.05) is 0 Å². The van der Waals surface area contributed by atoms with Crippen LogP contribution >= 0.6 is 0 Å². The number of ether oxygens (including phenoxy) is 1. The molecule has 0 aromatic rings. The second kappa shape index (κ2) is 4.15. The quantitative estimate of drug-likeness (QED) is 0.375. The van der Waals surface area contributed by atoms with Gasteiger partial charge in [-0.3, -0.25) is 0 Å². The van der Waals surface area contributed by atoms with Gasteiger partial charge in [-0.25, -0.2) is 0 Å². The third-order valence-electron chi connectivity index (χ3n) is 2.06. The first-order valence-electron chi connectivity index (χ1n) is 3.91. The normalized spacial score (nSPS) is 44.0. The number of hydrogen-bond acceptors (Lipinski definition) is 5. The van der Waals surface area contributed by atoms with Crippen LogP contribution in [0.4, 0.5) is 0 Å². The monoisotopic (exact) mass is 178 g/mol. The maximum atomic E-state index is 9.33. The van der Waals surface area contributed by atoms with E-state index in [-0.39, 0.29) is 19.6 Å². The van der Waals surface area contributed by atoms with Crippen LogP contribution in [0.15, 0.2) is 0 Å². The van der Waals surface area contributed by atoms with Crippen LogP contribution < -0.4 is 0 Å². The summed E-state index contributed by atoms with van der Waals surface area (Å²) in [5.41, 5.74) is 0. The molecule has 1 fully saturated rings. The molecule has 4 N–H and O–H groups in total. The predicted octanol–water partition coefficient (Wildman–Crippen LogP) is -1.94. The number of rotatable bonds is 1. The van der Waals surface area contributed by atoms with Crippen molar-refractivity contribution < 1.29 is 25.2 Å². The average molecular weight is 178 g/mol. The van der Waals surface area contributed by atoms with E-state index < -0.39 is 24.4 Å². The van der Waals surface area contributed by atoms with Gasteiger partial charge < -0.3 is 25.2 Å². The first kappa shape index (κ1) is 9.88. The molecular weight excluding hydrogens is 164 g/mol. The molecule has 1 aliphatic rings. The van der Waals surface area contributed by atoms with Gasteiger partial charge in [0.25, 0.3) is 0 Å². The Morgan fingerprint density at radius 3 is 2.50 bits per heavy atom. The van der Waals surface area contributed by atoms with Crippen LogP contribution in [0, 0.1) is 5.92 Å². The Hall–Kier alpha value is -0.200. The molecule has 0 amide bonds. The van der Waals surface area contributed by atoms with Gasteiger partial charge in [-0.2, -0.15) is 0 Å². The van der Waals surface area contributed by atoms with E-state index in [0.717, 1.165) is 0 Å². The molecule has 0 aliphatic carbocycles. The van der Waals surface area contributed by atoms with Gasteiger partial charge in [0.15, 0.2) is 6.29 Å². The van der Waals surface area contributed by atoms with Gasteiger partial charge in [-0.1, -0.05) is 0 Å². The van der Waals surface area contributed by atoms with Gasteiger partial charge in [0.1, 0.15) is 0 Å². The van der Waals surface area contributed by atoms with Crippen LogP contribution in [0.25, 0.3) is 0 Å². The maximum Gasteiger partial charge on any atom is 0.157 e. The van der Waals surface area contributed by atoms with Crippen molar-refractivity contribution in [3.05, 3.63) is 0 Å². The number of hydrogen-bond donors (Lipinski definition) is 4. The van der Waals surface area contributed by atoms with Gasteiger partial charge in [-0.15, -0.1) is 0 Å².